The van der Waals surface area contributed by atoms with E-state index in [4.69, 9.17) is 14.2 Å². The minimum atomic E-state index is -0.377. The molecule has 0 saturated carbocycles. The highest BCUT2D eigenvalue weighted by atomic mass is 16.5. The van der Waals surface area contributed by atoms with E-state index >= 15 is 0 Å². The maximum Gasteiger partial charge on any atom is 0.278 e. The van der Waals surface area contributed by atoms with Crippen LogP contribution < -0.4 is 19.5 Å². The summed E-state index contributed by atoms with van der Waals surface area (Å²) in [6.45, 7) is 3.61. The standard InChI is InChI=1S/C22H24N2O5/c1-13(2)24-21(25)19(14-6-8-16(27-3)9-7-14)20(22(24)26)23-15-10-17(28-4)12-18(11-15)29-5/h6-13,23H,1-5H3. The first-order valence-corrected chi connectivity index (χ1v) is 9.16. The molecule has 0 atom stereocenters. The summed E-state index contributed by atoms with van der Waals surface area (Å²) >= 11 is 0. The third kappa shape index (κ3) is 3.89. The van der Waals surface area contributed by atoms with Gasteiger partial charge in [0.1, 0.15) is 22.9 Å². The van der Waals surface area contributed by atoms with Gasteiger partial charge in [0.2, 0.25) is 0 Å². The molecule has 1 aliphatic heterocycles. The molecule has 0 aliphatic carbocycles. The van der Waals surface area contributed by atoms with Crippen molar-refractivity contribution in [2.75, 3.05) is 26.6 Å². The molecule has 1 aliphatic rings. The lowest BCUT2D eigenvalue weighted by atomic mass is 10.0. The molecule has 0 fully saturated rings. The summed E-state index contributed by atoms with van der Waals surface area (Å²) in [4.78, 5) is 27.4. The summed E-state index contributed by atoms with van der Waals surface area (Å²) in [5.74, 6) is 1.08. The molecule has 0 unspecified atom stereocenters. The summed E-state index contributed by atoms with van der Waals surface area (Å²) in [6, 6.07) is 11.9. The lowest BCUT2D eigenvalue weighted by molar-refractivity contribution is -0.138. The second-order valence-electron chi connectivity index (χ2n) is 6.78. The third-order valence-electron chi connectivity index (χ3n) is 4.63. The zero-order valence-electron chi connectivity index (χ0n) is 17.1. The summed E-state index contributed by atoms with van der Waals surface area (Å²) in [5, 5.41) is 3.11. The highest BCUT2D eigenvalue weighted by molar-refractivity contribution is 6.36. The highest BCUT2D eigenvalue weighted by Crippen LogP contribution is 2.34. The van der Waals surface area contributed by atoms with Crippen LogP contribution in [0.4, 0.5) is 5.69 Å². The largest absolute Gasteiger partial charge is 0.497 e. The minimum absolute atomic E-state index is 0.212. The van der Waals surface area contributed by atoms with Crippen LogP contribution >= 0.6 is 0 Å². The number of anilines is 1. The number of methoxy groups -OCH3 is 3. The maximum atomic E-state index is 13.1. The maximum absolute atomic E-state index is 13.1. The monoisotopic (exact) mass is 396 g/mol. The van der Waals surface area contributed by atoms with Gasteiger partial charge < -0.3 is 19.5 Å². The van der Waals surface area contributed by atoms with Crippen molar-refractivity contribution in [3.8, 4) is 17.2 Å². The molecule has 2 amide bonds. The van der Waals surface area contributed by atoms with Crippen molar-refractivity contribution in [1.29, 1.82) is 0 Å². The summed E-state index contributed by atoms with van der Waals surface area (Å²) in [5.41, 5.74) is 1.73. The van der Waals surface area contributed by atoms with E-state index in [-0.39, 0.29) is 23.6 Å². The van der Waals surface area contributed by atoms with Crippen LogP contribution in [0, 0.1) is 0 Å². The number of imide groups is 1. The Labute approximate surface area is 169 Å². The molecular weight excluding hydrogens is 372 g/mol. The first-order valence-electron chi connectivity index (χ1n) is 9.16. The van der Waals surface area contributed by atoms with Gasteiger partial charge in [-0.1, -0.05) is 12.1 Å². The lowest BCUT2D eigenvalue weighted by Crippen LogP contribution is -2.38. The Balaban J connectivity index is 2.10. The van der Waals surface area contributed by atoms with Crippen LogP contribution in [0.2, 0.25) is 0 Å². The number of benzene rings is 2. The average molecular weight is 396 g/mol. The van der Waals surface area contributed by atoms with Gasteiger partial charge in [-0.05, 0) is 31.5 Å². The number of hydrogen-bond donors (Lipinski definition) is 1. The van der Waals surface area contributed by atoms with Gasteiger partial charge in [-0.3, -0.25) is 14.5 Å². The molecule has 0 saturated heterocycles. The number of amides is 2. The molecule has 1 heterocycles. The zero-order valence-corrected chi connectivity index (χ0v) is 17.1. The van der Waals surface area contributed by atoms with Gasteiger partial charge in [0.15, 0.2) is 0 Å². The zero-order chi connectivity index (χ0) is 21.1. The fraction of sp³-hybridized carbons (Fsp3) is 0.273. The first kappa shape index (κ1) is 20.3. The van der Waals surface area contributed by atoms with Crippen LogP contribution in [0.25, 0.3) is 5.57 Å². The summed E-state index contributed by atoms with van der Waals surface area (Å²) in [7, 11) is 4.67. The second-order valence-corrected chi connectivity index (χ2v) is 6.78. The van der Waals surface area contributed by atoms with Crippen LogP contribution in [0.15, 0.2) is 48.2 Å². The van der Waals surface area contributed by atoms with Gasteiger partial charge in [0.25, 0.3) is 11.8 Å². The Kier molecular flexibility index (Phi) is 5.77. The van der Waals surface area contributed by atoms with E-state index in [1.54, 1.807) is 77.6 Å². The van der Waals surface area contributed by atoms with Crippen LogP contribution in [0.3, 0.4) is 0 Å². The number of nitrogens with one attached hydrogen (secondary N) is 1. The topological polar surface area (TPSA) is 77.1 Å². The van der Waals surface area contributed by atoms with Crippen LogP contribution in [-0.2, 0) is 9.59 Å². The number of carbonyl (C=O) groups is 2. The van der Waals surface area contributed by atoms with Gasteiger partial charge in [-0.2, -0.15) is 0 Å². The summed E-state index contributed by atoms with van der Waals surface area (Å²) in [6.07, 6.45) is 0. The van der Waals surface area contributed by atoms with Gasteiger partial charge in [0.05, 0.1) is 26.9 Å². The molecule has 3 rings (SSSR count). The highest BCUT2D eigenvalue weighted by Gasteiger charge is 2.40. The number of hydrogen-bond acceptors (Lipinski definition) is 6. The Hall–Kier alpha value is -3.48. The Bertz CT molecular complexity index is 941. The fourth-order valence-corrected chi connectivity index (χ4v) is 3.18. The smallest absolute Gasteiger partial charge is 0.278 e. The van der Waals surface area contributed by atoms with Crippen LogP contribution in [-0.4, -0.2) is 44.1 Å². The van der Waals surface area contributed by atoms with Crippen molar-refractivity contribution < 1.29 is 23.8 Å². The predicted molar refractivity (Wildman–Crippen MR) is 110 cm³/mol. The van der Waals surface area contributed by atoms with Gasteiger partial charge in [-0.15, -0.1) is 0 Å². The summed E-state index contributed by atoms with van der Waals surface area (Å²) < 4.78 is 15.8. The molecule has 1 N–H and O–H groups in total. The van der Waals surface area contributed by atoms with E-state index in [0.717, 1.165) is 0 Å². The number of nitrogens with zero attached hydrogens (tertiary/aromatic N) is 1. The Morgan fingerprint density at radius 3 is 1.83 bits per heavy atom. The quantitative estimate of drug-likeness (QED) is 0.724. The lowest BCUT2D eigenvalue weighted by Gasteiger charge is -2.19. The Morgan fingerprint density at radius 2 is 1.34 bits per heavy atom. The second kappa shape index (κ2) is 8.26. The molecule has 7 nitrogen and oxygen atoms in total. The van der Waals surface area contributed by atoms with Crippen LogP contribution in [0.5, 0.6) is 17.2 Å². The molecule has 2 aromatic carbocycles. The van der Waals surface area contributed by atoms with E-state index in [1.165, 1.54) is 4.90 Å². The van der Waals surface area contributed by atoms with E-state index < -0.39 is 0 Å². The van der Waals surface area contributed by atoms with Crippen molar-refractivity contribution in [2.24, 2.45) is 0 Å². The SMILES string of the molecule is COc1ccc(C2=C(Nc3cc(OC)cc(OC)c3)C(=O)N(C(C)C)C2=O)cc1. The van der Waals surface area contributed by atoms with Crippen molar-refractivity contribution >= 4 is 23.1 Å². The average Bonchev–Trinajstić information content (AvgIpc) is 2.97. The van der Waals surface area contributed by atoms with Crippen molar-refractivity contribution in [1.82, 2.24) is 4.90 Å². The number of carbonyl (C=O) groups excluding carboxylic acids is 2. The van der Waals surface area contributed by atoms with Crippen molar-refractivity contribution in [3.63, 3.8) is 0 Å². The van der Waals surface area contributed by atoms with E-state index in [1.807, 2.05) is 0 Å². The molecule has 152 valence electrons. The van der Waals surface area contributed by atoms with Gasteiger partial charge >= 0.3 is 0 Å². The molecule has 0 spiro atoms. The van der Waals surface area contributed by atoms with Gasteiger partial charge in [0, 0.05) is 29.9 Å². The number of rotatable bonds is 7. The van der Waals surface area contributed by atoms with E-state index in [9.17, 15) is 9.59 Å². The van der Waals surface area contributed by atoms with E-state index in [0.29, 0.717) is 34.1 Å². The molecule has 0 bridgehead atoms. The Morgan fingerprint density at radius 1 is 0.793 bits per heavy atom. The van der Waals surface area contributed by atoms with E-state index in [2.05, 4.69) is 5.32 Å². The third-order valence-corrected chi connectivity index (χ3v) is 4.63. The van der Waals surface area contributed by atoms with Crippen molar-refractivity contribution in [3.05, 3.63) is 53.7 Å². The molecule has 0 aromatic heterocycles. The van der Waals surface area contributed by atoms with Gasteiger partial charge in [-0.25, -0.2) is 0 Å². The fourth-order valence-electron chi connectivity index (χ4n) is 3.18. The predicted octanol–water partition coefficient (Wildman–Crippen LogP) is 3.31. The number of ether oxygens (including phenoxy) is 3. The van der Waals surface area contributed by atoms with Crippen LogP contribution in [0.1, 0.15) is 19.4 Å². The molecule has 0 radical (unpaired) electrons. The molecule has 7 heteroatoms. The minimum Gasteiger partial charge on any atom is -0.497 e. The normalized spacial score (nSPS) is 13.9. The van der Waals surface area contributed by atoms with Crippen molar-refractivity contribution in [2.45, 2.75) is 19.9 Å². The first-order chi connectivity index (χ1) is 13.9. The molecular formula is C22H24N2O5. The molecule has 29 heavy (non-hydrogen) atoms. The molecule has 2 aromatic rings.